The summed E-state index contributed by atoms with van der Waals surface area (Å²) in [4.78, 5) is 7.81. The van der Waals surface area contributed by atoms with Crippen molar-refractivity contribution in [2.24, 2.45) is 0 Å². The Bertz CT molecular complexity index is 497. The molecule has 3 nitrogen and oxygen atoms in total. The molecule has 0 spiro atoms. The van der Waals surface area contributed by atoms with E-state index in [-0.39, 0.29) is 0 Å². The maximum absolute atomic E-state index is 4.51. The van der Waals surface area contributed by atoms with Gasteiger partial charge in [0.25, 0.3) is 0 Å². The second kappa shape index (κ2) is 9.22. The predicted octanol–water partition coefficient (Wildman–Crippen LogP) is 5.28. The molecule has 0 amide bonds. The van der Waals surface area contributed by atoms with Crippen LogP contribution in [0.3, 0.4) is 0 Å². The summed E-state index contributed by atoms with van der Waals surface area (Å²) < 4.78 is 0. The van der Waals surface area contributed by atoms with Crippen molar-refractivity contribution in [2.75, 3.05) is 11.9 Å². The molecule has 2 N–H and O–H groups in total. The van der Waals surface area contributed by atoms with Gasteiger partial charge in [-0.25, -0.2) is 4.98 Å². The van der Waals surface area contributed by atoms with Crippen LogP contribution in [0.4, 0.5) is 5.95 Å². The van der Waals surface area contributed by atoms with E-state index in [1.165, 1.54) is 51.4 Å². The first kappa shape index (κ1) is 15.6. The zero-order valence-corrected chi connectivity index (χ0v) is 12.9. The number of unbranched alkanes of at least 4 members (excludes halogenated alkanes) is 7. The largest absolute Gasteiger partial charge is 0.356 e. The molecule has 1 heterocycles. The fourth-order valence-corrected chi connectivity index (χ4v) is 2.54. The summed E-state index contributed by atoms with van der Waals surface area (Å²) >= 11 is 0. The average Bonchev–Trinajstić information content (AvgIpc) is 2.92. The fraction of sp³-hybridized carbons (Fsp3) is 0.500. The molecule has 0 bridgehead atoms. The Morgan fingerprint density at radius 3 is 2.48 bits per heavy atom. The zero-order chi connectivity index (χ0) is 14.8. The van der Waals surface area contributed by atoms with Crippen molar-refractivity contribution in [3.63, 3.8) is 0 Å². The average molecular weight is 285 g/mol. The summed E-state index contributed by atoms with van der Waals surface area (Å²) in [6.45, 7) is 4.75. The van der Waals surface area contributed by atoms with Gasteiger partial charge in [-0.05, 0) is 31.4 Å². The summed E-state index contributed by atoms with van der Waals surface area (Å²) in [5, 5.41) is 3.38. The molecule has 0 aliphatic rings. The molecule has 114 valence electrons. The van der Waals surface area contributed by atoms with Crippen molar-refractivity contribution in [2.45, 2.75) is 51.4 Å². The molecule has 3 heteroatoms. The van der Waals surface area contributed by atoms with E-state index in [4.69, 9.17) is 0 Å². The number of rotatable bonds is 11. The Balaban J connectivity index is 1.51. The second-order valence-electron chi connectivity index (χ2n) is 5.58. The van der Waals surface area contributed by atoms with Crippen LogP contribution in [0.1, 0.15) is 51.4 Å². The third kappa shape index (κ3) is 5.62. The molecule has 0 saturated heterocycles. The van der Waals surface area contributed by atoms with E-state index in [9.17, 15) is 0 Å². The Labute approximate surface area is 127 Å². The van der Waals surface area contributed by atoms with Gasteiger partial charge in [0.1, 0.15) is 0 Å². The van der Waals surface area contributed by atoms with E-state index in [1.807, 2.05) is 24.3 Å². The van der Waals surface area contributed by atoms with Crippen LogP contribution in [0.25, 0.3) is 11.0 Å². The number of aromatic amines is 1. The molecule has 1 aromatic heterocycles. The lowest BCUT2D eigenvalue weighted by Gasteiger charge is -2.03. The molecule has 2 aromatic rings. The van der Waals surface area contributed by atoms with E-state index < -0.39 is 0 Å². The molecule has 0 fully saturated rings. The number of para-hydroxylation sites is 2. The number of anilines is 1. The van der Waals surface area contributed by atoms with E-state index in [1.54, 1.807) is 0 Å². The van der Waals surface area contributed by atoms with Gasteiger partial charge in [0.05, 0.1) is 11.0 Å². The maximum atomic E-state index is 4.51. The summed E-state index contributed by atoms with van der Waals surface area (Å²) in [6.07, 6.45) is 12.4. The number of aromatic nitrogens is 2. The number of hydrogen-bond acceptors (Lipinski definition) is 2. The van der Waals surface area contributed by atoms with Crippen LogP contribution in [-0.4, -0.2) is 16.5 Å². The van der Waals surface area contributed by atoms with E-state index in [0.717, 1.165) is 23.5 Å². The lowest BCUT2D eigenvalue weighted by atomic mass is 10.1. The number of hydrogen-bond donors (Lipinski definition) is 2. The van der Waals surface area contributed by atoms with Gasteiger partial charge in [0, 0.05) is 6.54 Å². The molecular weight excluding hydrogens is 258 g/mol. The second-order valence-corrected chi connectivity index (χ2v) is 5.58. The highest BCUT2D eigenvalue weighted by molar-refractivity contribution is 5.77. The molecule has 0 atom stereocenters. The van der Waals surface area contributed by atoms with Crippen molar-refractivity contribution in [3.8, 4) is 0 Å². The smallest absolute Gasteiger partial charge is 0.201 e. The standard InChI is InChI=1S/C18H27N3/c1-2-3-4-5-6-7-8-9-12-15-19-18-20-16-13-10-11-14-17(16)21-18/h2,10-11,13-14H,1,3-9,12,15H2,(H2,19,20,21). The maximum Gasteiger partial charge on any atom is 0.201 e. The van der Waals surface area contributed by atoms with Crippen LogP contribution in [0, 0.1) is 0 Å². The molecule has 1 aromatic carbocycles. The fourth-order valence-electron chi connectivity index (χ4n) is 2.54. The highest BCUT2D eigenvalue weighted by Crippen LogP contribution is 2.13. The minimum Gasteiger partial charge on any atom is -0.356 e. The third-order valence-electron chi connectivity index (χ3n) is 3.77. The Kier molecular flexibility index (Phi) is 6.85. The van der Waals surface area contributed by atoms with Gasteiger partial charge in [-0.1, -0.05) is 50.3 Å². The van der Waals surface area contributed by atoms with E-state index in [0.29, 0.717) is 0 Å². The minimum atomic E-state index is 0.889. The lowest BCUT2D eigenvalue weighted by molar-refractivity contribution is 0.587. The van der Waals surface area contributed by atoms with E-state index in [2.05, 4.69) is 27.9 Å². The predicted molar refractivity (Wildman–Crippen MR) is 91.7 cm³/mol. The molecule has 2 rings (SSSR count). The normalized spacial score (nSPS) is 10.9. The highest BCUT2D eigenvalue weighted by atomic mass is 15.1. The van der Waals surface area contributed by atoms with Gasteiger partial charge >= 0.3 is 0 Å². The number of benzene rings is 1. The molecule has 21 heavy (non-hydrogen) atoms. The summed E-state index contributed by atoms with van der Waals surface area (Å²) in [5.41, 5.74) is 2.12. The van der Waals surface area contributed by atoms with Crippen molar-refractivity contribution >= 4 is 17.0 Å². The number of nitrogens with one attached hydrogen (secondary N) is 2. The molecule has 0 radical (unpaired) electrons. The molecule has 0 aliphatic carbocycles. The van der Waals surface area contributed by atoms with Gasteiger partial charge in [-0.2, -0.15) is 0 Å². The lowest BCUT2D eigenvalue weighted by Crippen LogP contribution is -2.02. The highest BCUT2D eigenvalue weighted by Gasteiger charge is 2.00. The van der Waals surface area contributed by atoms with Gasteiger partial charge in [-0.15, -0.1) is 6.58 Å². The van der Waals surface area contributed by atoms with Crippen LogP contribution in [0.15, 0.2) is 36.9 Å². The minimum absolute atomic E-state index is 0.889. The van der Waals surface area contributed by atoms with Crippen molar-refractivity contribution in [1.82, 2.24) is 9.97 Å². The summed E-state index contributed by atoms with van der Waals surface area (Å²) in [7, 11) is 0. The number of imidazole rings is 1. The number of H-pyrrole nitrogens is 1. The summed E-state index contributed by atoms with van der Waals surface area (Å²) in [5.74, 6) is 0.889. The van der Waals surface area contributed by atoms with Crippen molar-refractivity contribution < 1.29 is 0 Å². The van der Waals surface area contributed by atoms with Gasteiger partial charge < -0.3 is 10.3 Å². The van der Waals surface area contributed by atoms with Crippen LogP contribution < -0.4 is 5.32 Å². The summed E-state index contributed by atoms with van der Waals surface area (Å²) in [6, 6.07) is 8.13. The molecule has 0 saturated carbocycles. The number of allylic oxidation sites excluding steroid dienone is 1. The Morgan fingerprint density at radius 2 is 1.71 bits per heavy atom. The monoisotopic (exact) mass is 285 g/mol. The first-order valence-corrected chi connectivity index (χ1v) is 8.19. The van der Waals surface area contributed by atoms with E-state index >= 15 is 0 Å². The van der Waals surface area contributed by atoms with Crippen LogP contribution >= 0.6 is 0 Å². The van der Waals surface area contributed by atoms with Crippen molar-refractivity contribution in [1.29, 1.82) is 0 Å². The first-order chi connectivity index (χ1) is 10.4. The van der Waals surface area contributed by atoms with Gasteiger partial charge in [0.2, 0.25) is 5.95 Å². The number of nitrogens with zero attached hydrogens (tertiary/aromatic N) is 1. The van der Waals surface area contributed by atoms with Crippen LogP contribution in [0.2, 0.25) is 0 Å². The van der Waals surface area contributed by atoms with Crippen molar-refractivity contribution in [3.05, 3.63) is 36.9 Å². The van der Waals surface area contributed by atoms with Crippen LogP contribution in [0.5, 0.6) is 0 Å². The Hall–Kier alpha value is -1.77. The quantitative estimate of drug-likeness (QED) is 0.435. The zero-order valence-electron chi connectivity index (χ0n) is 12.9. The SMILES string of the molecule is C=CCCCCCCCCCNc1nc2ccccc2[nH]1. The molecule has 0 unspecified atom stereocenters. The number of fused-ring (bicyclic) bond motifs is 1. The third-order valence-corrected chi connectivity index (χ3v) is 3.77. The first-order valence-electron chi connectivity index (χ1n) is 8.19. The Morgan fingerprint density at radius 1 is 1.00 bits per heavy atom. The van der Waals surface area contributed by atoms with Crippen LogP contribution in [-0.2, 0) is 0 Å². The van der Waals surface area contributed by atoms with Gasteiger partial charge in [-0.3, -0.25) is 0 Å². The van der Waals surface area contributed by atoms with Gasteiger partial charge in [0.15, 0.2) is 0 Å². The molecular formula is C18H27N3. The molecule has 0 aliphatic heterocycles. The topological polar surface area (TPSA) is 40.7 Å².